The Hall–Kier alpha value is -0.710. The maximum atomic E-state index is 12.1. The molecular formula is C14H21NO2S. The molecule has 2 rings (SSSR count). The van der Waals surface area contributed by atoms with Gasteiger partial charge in [-0.2, -0.15) is 0 Å². The molecule has 3 nitrogen and oxygen atoms in total. The summed E-state index contributed by atoms with van der Waals surface area (Å²) < 4.78 is 0. The van der Waals surface area contributed by atoms with Crippen molar-refractivity contribution in [1.29, 1.82) is 0 Å². The van der Waals surface area contributed by atoms with Gasteiger partial charge in [0.15, 0.2) is 5.78 Å². The second-order valence-corrected chi connectivity index (χ2v) is 6.48. The van der Waals surface area contributed by atoms with Crippen LogP contribution in [0.1, 0.15) is 34.3 Å². The Bertz CT molecular complexity index is 406. The van der Waals surface area contributed by atoms with Gasteiger partial charge in [-0.15, -0.1) is 11.3 Å². The van der Waals surface area contributed by atoms with Gasteiger partial charge in [-0.05, 0) is 57.8 Å². The fourth-order valence-corrected chi connectivity index (χ4v) is 3.26. The van der Waals surface area contributed by atoms with Crippen molar-refractivity contribution >= 4 is 17.1 Å². The zero-order chi connectivity index (χ0) is 13.1. The van der Waals surface area contributed by atoms with Crippen LogP contribution in [0.15, 0.2) is 12.1 Å². The molecule has 1 aliphatic heterocycles. The van der Waals surface area contributed by atoms with Crippen molar-refractivity contribution in [3.05, 3.63) is 21.9 Å². The van der Waals surface area contributed by atoms with Crippen LogP contribution in [0.2, 0.25) is 0 Å². The normalized spacial score (nSPS) is 19.9. The Balaban J connectivity index is 1.83. The van der Waals surface area contributed by atoms with Crippen LogP contribution >= 0.6 is 11.3 Å². The van der Waals surface area contributed by atoms with Crippen LogP contribution in [-0.2, 0) is 0 Å². The summed E-state index contributed by atoms with van der Waals surface area (Å²) in [4.78, 5) is 16.3. The molecule has 4 heteroatoms. The Morgan fingerprint density at radius 2 is 2.17 bits per heavy atom. The minimum absolute atomic E-state index is 0.220. The number of ketones is 1. The standard InChI is InChI=1S/C14H21NO2S/c1-10-3-4-14(18-10)13(17)9-15-7-5-12(6-8-15)11(2)16/h3-4,11-12,16H,5-9H2,1-2H3. The molecule has 1 fully saturated rings. The Morgan fingerprint density at radius 3 is 2.67 bits per heavy atom. The van der Waals surface area contributed by atoms with Crippen molar-refractivity contribution < 1.29 is 9.90 Å². The van der Waals surface area contributed by atoms with Gasteiger partial charge in [0, 0.05) is 4.88 Å². The van der Waals surface area contributed by atoms with Gasteiger partial charge in [-0.3, -0.25) is 9.69 Å². The monoisotopic (exact) mass is 267 g/mol. The number of hydrogen-bond acceptors (Lipinski definition) is 4. The first-order valence-corrected chi connectivity index (χ1v) is 7.38. The van der Waals surface area contributed by atoms with Crippen molar-refractivity contribution in [1.82, 2.24) is 4.90 Å². The molecule has 1 saturated heterocycles. The van der Waals surface area contributed by atoms with Crippen molar-refractivity contribution in [3.63, 3.8) is 0 Å². The SMILES string of the molecule is Cc1ccc(C(=O)CN2CCC(C(C)O)CC2)s1. The van der Waals surface area contributed by atoms with Crippen LogP contribution in [0.4, 0.5) is 0 Å². The first-order valence-electron chi connectivity index (χ1n) is 6.56. The molecule has 1 aromatic heterocycles. The predicted octanol–water partition coefficient (Wildman–Crippen LogP) is 2.33. The summed E-state index contributed by atoms with van der Waals surface area (Å²) in [6.45, 7) is 6.25. The predicted molar refractivity (Wildman–Crippen MR) is 74.2 cm³/mol. The van der Waals surface area contributed by atoms with E-state index in [2.05, 4.69) is 4.90 Å². The molecule has 0 aromatic carbocycles. The van der Waals surface area contributed by atoms with Gasteiger partial charge in [0.05, 0.1) is 17.5 Å². The molecule has 0 bridgehead atoms. The van der Waals surface area contributed by atoms with Gasteiger partial charge in [0.25, 0.3) is 0 Å². The van der Waals surface area contributed by atoms with E-state index in [1.807, 2.05) is 26.0 Å². The Morgan fingerprint density at radius 1 is 1.50 bits per heavy atom. The zero-order valence-electron chi connectivity index (χ0n) is 11.1. The van der Waals surface area contributed by atoms with Gasteiger partial charge in [0.1, 0.15) is 0 Å². The first-order chi connectivity index (χ1) is 8.56. The highest BCUT2D eigenvalue weighted by atomic mass is 32.1. The number of hydrogen-bond donors (Lipinski definition) is 1. The molecule has 0 saturated carbocycles. The average Bonchev–Trinajstić information content (AvgIpc) is 2.76. The van der Waals surface area contributed by atoms with E-state index in [0.717, 1.165) is 30.8 Å². The number of aliphatic hydroxyl groups is 1. The van der Waals surface area contributed by atoms with E-state index in [1.54, 1.807) is 11.3 Å². The zero-order valence-corrected chi connectivity index (χ0v) is 11.9. The molecule has 0 amide bonds. The lowest BCUT2D eigenvalue weighted by molar-refractivity contribution is 0.0666. The maximum Gasteiger partial charge on any atom is 0.186 e. The third-order valence-corrected chi connectivity index (χ3v) is 4.74. The van der Waals surface area contributed by atoms with E-state index in [9.17, 15) is 9.90 Å². The fourth-order valence-electron chi connectivity index (χ4n) is 2.46. The highest BCUT2D eigenvalue weighted by Crippen LogP contribution is 2.21. The minimum Gasteiger partial charge on any atom is -0.393 e. The van der Waals surface area contributed by atoms with Crippen molar-refractivity contribution in [2.24, 2.45) is 5.92 Å². The topological polar surface area (TPSA) is 40.5 Å². The number of rotatable bonds is 4. The lowest BCUT2D eigenvalue weighted by Crippen LogP contribution is -2.39. The second kappa shape index (κ2) is 5.95. The molecule has 1 aromatic rings. The number of aryl methyl sites for hydroxylation is 1. The van der Waals surface area contributed by atoms with Gasteiger partial charge in [-0.1, -0.05) is 0 Å². The molecule has 1 aliphatic rings. The van der Waals surface area contributed by atoms with E-state index in [-0.39, 0.29) is 11.9 Å². The minimum atomic E-state index is -0.220. The largest absolute Gasteiger partial charge is 0.393 e. The quantitative estimate of drug-likeness (QED) is 0.851. The molecule has 0 aliphatic carbocycles. The number of carbonyl (C=O) groups excluding carboxylic acids is 1. The van der Waals surface area contributed by atoms with Gasteiger partial charge in [0.2, 0.25) is 0 Å². The molecule has 0 radical (unpaired) electrons. The third-order valence-electron chi connectivity index (χ3n) is 3.70. The summed E-state index contributed by atoms with van der Waals surface area (Å²) in [5.74, 6) is 0.629. The number of thiophene rings is 1. The molecule has 1 atom stereocenters. The summed E-state index contributed by atoms with van der Waals surface area (Å²) in [6.07, 6.45) is 1.77. The van der Waals surface area contributed by atoms with Crippen LogP contribution in [0, 0.1) is 12.8 Å². The van der Waals surface area contributed by atoms with Crippen LogP contribution in [0.25, 0.3) is 0 Å². The van der Waals surface area contributed by atoms with E-state index in [1.165, 1.54) is 4.88 Å². The molecule has 2 heterocycles. The number of likely N-dealkylation sites (tertiary alicyclic amines) is 1. The fraction of sp³-hybridized carbons (Fsp3) is 0.643. The van der Waals surface area contributed by atoms with Crippen LogP contribution < -0.4 is 0 Å². The number of Topliss-reactive ketones (excluding diaryl/α,β-unsaturated/α-hetero) is 1. The summed E-state index contributed by atoms with van der Waals surface area (Å²) in [5, 5.41) is 9.54. The van der Waals surface area contributed by atoms with E-state index >= 15 is 0 Å². The van der Waals surface area contributed by atoms with E-state index in [4.69, 9.17) is 0 Å². The highest BCUT2D eigenvalue weighted by Gasteiger charge is 2.24. The lowest BCUT2D eigenvalue weighted by atomic mass is 9.92. The van der Waals surface area contributed by atoms with E-state index in [0.29, 0.717) is 12.5 Å². The van der Waals surface area contributed by atoms with Crippen LogP contribution in [0.5, 0.6) is 0 Å². The van der Waals surface area contributed by atoms with Crippen LogP contribution in [0.3, 0.4) is 0 Å². The van der Waals surface area contributed by atoms with Gasteiger partial charge in [-0.25, -0.2) is 0 Å². The average molecular weight is 267 g/mol. The van der Waals surface area contributed by atoms with Crippen molar-refractivity contribution in [3.8, 4) is 0 Å². The number of aliphatic hydroxyl groups excluding tert-OH is 1. The molecule has 18 heavy (non-hydrogen) atoms. The Kier molecular flexibility index (Phi) is 4.54. The molecule has 100 valence electrons. The summed E-state index contributed by atoms with van der Waals surface area (Å²) in [5.41, 5.74) is 0. The molecule has 0 spiro atoms. The molecule has 1 N–H and O–H groups in total. The summed E-state index contributed by atoms with van der Waals surface area (Å²) in [7, 11) is 0. The van der Waals surface area contributed by atoms with E-state index < -0.39 is 0 Å². The third kappa shape index (κ3) is 3.40. The van der Waals surface area contributed by atoms with Gasteiger partial charge < -0.3 is 5.11 Å². The van der Waals surface area contributed by atoms with Gasteiger partial charge >= 0.3 is 0 Å². The van der Waals surface area contributed by atoms with Crippen molar-refractivity contribution in [2.75, 3.05) is 19.6 Å². The van der Waals surface area contributed by atoms with Crippen LogP contribution in [-0.4, -0.2) is 41.5 Å². The number of nitrogens with zero attached hydrogens (tertiary/aromatic N) is 1. The highest BCUT2D eigenvalue weighted by molar-refractivity contribution is 7.14. The summed E-state index contributed by atoms with van der Waals surface area (Å²) >= 11 is 1.57. The molecular weight excluding hydrogens is 246 g/mol. The lowest BCUT2D eigenvalue weighted by Gasteiger charge is -2.32. The first kappa shape index (κ1) is 13.7. The number of carbonyl (C=O) groups is 1. The molecule has 1 unspecified atom stereocenters. The maximum absolute atomic E-state index is 12.1. The Labute approximate surface area is 112 Å². The summed E-state index contributed by atoms with van der Waals surface area (Å²) in [6, 6.07) is 3.92. The second-order valence-electron chi connectivity index (χ2n) is 5.19. The smallest absolute Gasteiger partial charge is 0.186 e. The van der Waals surface area contributed by atoms with Crippen molar-refractivity contribution in [2.45, 2.75) is 32.8 Å². The number of piperidine rings is 1.